The van der Waals surface area contributed by atoms with Gasteiger partial charge in [0, 0.05) is 11.6 Å². The third-order valence-corrected chi connectivity index (χ3v) is 3.49. The van der Waals surface area contributed by atoms with Gasteiger partial charge in [0.15, 0.2) is 0 Å². The molecule has 112 valence electrons. The van der Waals surface area contributed by atoms with E-state index in [9.17, 15) is 4.39 Å². The first-order valence-corrected chi connectivity index (χ1v) is 7.30. The number of aryl methyl sites for hydroxylation is 2. The van der Waals surface area contributed by atoms with E-state index in [1.807, 2.05) is 25.1 Å². The normalized spacial score (nSPS) is 12.2. The van der Waals surface area contributed by atoms with E-state index in [4.69, 9.17) is 10.5 Å². The summed E-state index contributed by atoms with van der Waals surface area (Å²) in [6, 6.07) is 13.3. The molecule has 0 heterocycles. The van der Waals surface area contributed by atoms with Crippen molar-refractivity contribution in [1.29, 1.82) is 0 Å². The zero-order valence-electron chi connectivity index (χ0n) is 12.6. The fraction of sp³-hybridized carbons (Fsp3) is 0.333. The van der Waals surface area contributed by atoms with E-state index in [-0.39, 0.29) is 11.9 Å². The predicted molar refractivity (Wildman–Crippen MR) is 84.0 cm³/mol. The molecule has 0 aliphatic rings. The molecule has 0 spiro atoms. The largest absolute Gasteiger partial charge is 0.493 e. The van der Waals surface area contributed by atoms with Crippen molar-refractivity contribution in [3.05, 3.63) is 65.0 Å². The Morgan fingerprint density at radius 3 is 2.57 bits per heavy atom. The Labute approximate surface area is 125 Å². The van der Waals surface area contributed by atoms with Gasteiger partial charge in [0.2, 0.25) is 0 Å². The van der Waals surface area contributed by atoms with Crippen molar-refractivity contribution >= 4 is 0 Å². The van der Waals surface area contributed by atoms with Gasteiger partial charge >= 0.3 is 0 Å². The SMILES string of the molecule is Cc1cc(OCCCc2ccccc2)c([C@H](C)N)cc1F. The third kappa shape index (κ3) is 4.30. The topological polar surface area (TPSA) is 35.2 Å². The standard InChI is InChI=1S/C18H22FNO/c1-13-11-18(16(14(2)20)12-17(13)19)21-10-6-9-15-7-4-3-5-8-15/h3-5,7-8,11-12,14H,6,9-10,20H2,1-2H3/t14-/m0/s1. The summed E-state index contributed by atoms with van der Waals surface area (Å²) in [5.41, 5.74) is 8.48. The average Bonchev–Trinajstić information content (AvgIpc) is 2.47. The van der Waals surface area contributed by atoms with Gasteiger partial charge in [0.1, 0.15) is 11.6 Å². The third-order valence-electron chi connectivity index (χ3n) is 3.49. The molecule has 2 nitrogen and oxygen atoms in total. The van der Waals surface area contributed by atoms with Gasteiger partial charge in [-0.15, -0.1) is 0 Å². The maximum absolute atomic E-state index is 13.6. The van der Waals surface area contributed by atoms with Crippen LogP contribution in [0.1, 0.15) is 36.1 Å². The summed E-state index contributed by atoms with van der Waals surface area (Å²) >= 11 is 0. The summed E-state index contributed by atoms with van der Waals surface area (Å²) in [6.07, 6.45) is 1.88. The number of hydrogen-bond donors (Lipinski definition) is 1. The molecule has 0 aromatic heterocycles. The highest BCUT2D eigenvalue weighted by atomic mass is 19.1. The molecule has 0 unspecified atom stereocenters. The number of nitrogens with two attached hydrogens (primary N) is 1. The Morgan fingerprint density at radius 2 is 1.90 bits per heavy atom. The van der Waals surface area contributed by atoms with Crippen LogP contribution in [0.2, 0.25) is 0 Å². The van der Waals surface area contributed by atoms with Gasteiger partial charge in [-0.1, -0.05) is 30.3 Å². The molecule has 2 aromatic carbocycles. The highest BCUT2D eigenvalue weighted by Gasteiger charge is 2.12. The first-order valence-electron chi connectivity index (χ1n) is 7.30. The molecule has 0 amide bonds. The lowest BCUT2D eigenvalue weighted by Gasteiger charge is -2.15. The lowest BCUT2D eigenvalue weighted by atomic mass is 10.0. The number of hydrogen-bond acceptors (Lipinski definition) is 2. The Morgan fingerprint density at radius 1 is 1.19 bits per heavy atom. The van der Waals surface area contributed by atoms with E-state index in [1.54, 1.807) is 13.0 Å². The second-order valence-corrected chi connectivity index (χ2v) is 5.37. The highest BCUT2D eigenvalue weighted by molar-refractivity contribution is 5.39. The molecule has 0 bridgehead atoms. The monoisotopic (exact) mass is 287 g/mol. The summed E-state index contributed by atoms with van der Waals surface area (Å²) in [7, 11) is 0. The molecule has 0 radical (unpaired) electrons. The Bertz CT molecular complexity index is 581. The minimum absolute atomic E-state index is 0.237. The van der Waals surface area contributed by atoms with Crippen molar-refractivity contribution in [3.8, 4) is 5.75 Å². The van der Waals surface area contributed by atoms with Crippen molar-refractivity contribution in [2.24, 2.45) is 5.73 Å². The van der Waals surface area contributed by atoms with Gasteiger partial charge in [-0.25, -0.2) is 4.39 Å². The van der Waals surface area contributed by atoms with E-state index >= 15 is 0 Å². The van der Waals surface area contributed by atoms with Crippen LogP contribution in [0.4, 0.5) is 4.39 Å². The number of halogens is 1. The second kappa shape index (κ2) is 7.23. The van der Waals surface area contributed by atoms with Gasteiger partial charge < -0.3 is 10.5 Å². The van der Waals surface area contributed by atoms with Crippen molar-refractivity contribution in [1.82, 2.24) is 0 Å². The lowest BCUT2D eigenvalue weighted by Crippen LogP contribution is -2.10. The Kier molecular flexibility index (Phi) is 5.34. The van der Waals surface area contributed by atoms with E-state index < -0.39 is 0 Å². The fourth-order valence-electron chi connectivity index (χ4n) is 2.25. The van der Waals surface area contributed by atoms with Gasteiger partial charge in [0.05, 0.1) is 6.61 Å². The maximum atomic E-state index is 13.6. The molecule has 0 saturated carbocycles. The van der Waals surface area contributed by atoms with E-state index in [0.717, 1.165) is 18.4 Å². The molecule has 2 aromatic rings. The first-order chi connectivity index (χ1) is 10.1. The summed E-state index contributed by atoms with van der Waals surface area (Å²) in [6.45, 7) is 4.16. The average molecular weight is 287 g/mol. The molecule has 0 aliphatic heterocycles. The number of benzene rings is 2. The van der Waals surface area contributed by atoms with Crippen LogP contribution >= 0.6 is 0 Å². The summed E-state index contributed by atoms with van der Waals surface area (Å²) in [5, 5.41) is 0. The van der Waals surface area contributed by atoms with Gasteiger partial charge in [0.25, 0.3) is 0 Å². The number of rotatable bonds is 6. The fourth-order valence-corrected chi connectivity index (χ4v) is 2.25. The molecule has 0 fully saturated rings. The molecule has 3 heteroatoms. The highest BCUT2D eigenvalue weighted by Crippen LogP contribution is 2.27. The molecular formula is C18H22FNO. The van der Waals surface area contributed by atoms with Crippen molar-refractivity contribution in [3.63, 3.8) is 0 Å². The van der Waals surface area contributed by atoms with E-state index in [1.165, 1.54) is 11.6 Å². The molecule has 0 aliphatic carbocycles. The van der Waals surface area contributed by atoms with E-state index in [2.05, 4.69) is 12.1 Å². The minimum Gasteiger partial charge on any atom is -0.493 e. The summed E-state index contributed by atoms with van der Waals surface area (Å²) in [4.78, 5) is 0. The van der Waals surface area contributed by atoms with Crippen LogP contribution < -0.4 is 10.5 Å². The van der Waals surface area contributed by atoms with Crippen LogP contribution in [-0.2, 0) is 6.42 Å². The maximum Gasteiger partial charge on any atom is 0.126 e. The summed E-state index contributed by atoms with van der Waals surface area (Å²) in [5.74, 6) is 0.455. The lowest BCUT2D eigenvalue weighted by molar-refractivity contribution is 0.305. The molecule has 2 rings (SSSR count). The second-order valence-electron chi connectivity index (χ2n) is 5.37. The number of ether oxygens (including phenoxy) is 1. The molecule has 0 saturated heterocycles. The van der Waals surface area contributed by atoms with E-state index in [0.29, 0.717) is 17.9 Å². The molecule has 1 atom stereocenters. The Balaban J connectivity index is 1.95. The summed E-state index contributed by atoms with van der Waals surface area (Å²) < 4.78 is 19.4. The van der Waals surface area contributed by atoms with Crippen molar-refractivity contribution < 1.29 is 9.13 Å². The van der Waals surface area contributed by atoms with Gasteiger partial charge in [-0.3, -0.25) is 0 Å². The van der Waals surface area contributed by atoms with Crippen LogP contribution in [0, 0.1) is 12.7 Å². The zero-order valence-corrected chi connectivity index (χ0v) is 12.6. The van der Waals surface area contributed by atoms with Crippen LogP contribution in [0.3, 0.4) is 0 Å². The quantitative estimate of drug-likeness (QED) is 0.809. The Hall–Kier alpha value is -1.87. The van der Waals surface area contributed by atoms with Crippen molar-refractivity contribution in [2.75, 3.05) is 6.61 Å². The van der Waals surface area contributed by atoms with Crippen LogP contribution in [-0.4, -0.2) is 6.61 Å². The molecular weight excluding hydrogens is 265 g/mol. The van der Waals surface area contributed by atoms with Gasteiger partial charge in [-0.2, -0.15) is 0 Å². The predicted octanol–water partition coefficient (Wildman–Crippen LogP) is 4.17. The smallest absolute Gasteiger partial charge is 0.126 e. The minimum atomic E-state index is -0.246. The van der Waals surface area contributed by atoms with Crippen molar-refractivity contribution in [2.45, 2.75) is 32.7 Å². The van der Waals surface area contributed by atoms with Crippen LogP contribution in [0.15, 0.2) is 42.5 Å². The molecule has 21 heavy (non-hydrogen) atoms. The van der Waals surface area contributed by atoms with Crippen LogP contribution in [0.25, 0.3) is 0 Å². The zero-order chi connectivity index (χ0) is 15.2. The van der Waals surface area contributed by atoms with Gasteiger partial charge in [-0.05, 0) is 49.9 Å². The molecule has 2 N–H and O–H groups in total. The van der Waals surface area contributed by atoms with Crippen LogP contribution in [0.5, 0.6) is 5.75 Å². The first kappa shape index (κ1) is 15.5.